The van der Waals surface area contributed by atoms with Gasteiger partial charge in [0.15, 0.2) is 5.78 Å². The largest absolute Gasteiger partial charge is 0.391 e. The number of β-amino-alcohol motifs (C(OH)–C–C–N with tert-alkyl or cyclic N) is 1. The SMILES string of the molecule is CCCC(CCC)C(=O)N1C[C@H](O)C[C@H]1C(C)=O. The number of aliphatic hydroxyl groups excluding tert-OH is 1. The highest BCUT2D eigenvalue weighted by Crippen LogP contribution is 2.24. The smallest absolute Gasteiger partial charge is 0.226 e. The van der Waals surface area contributed by atoms with Gasteiger partial charge >= 0.3 is 0 Å². The average molecular weight is 255 g/mol. The minimum atomic E-state index is -0.549. The van der Waals surface area contributed by atoms with Gasteiger partial charge in [0, 0.05) is 18.9 Å². The van der Waals surface area contributed by atoms with E-state index in [1.807, 2.05) is 0 Å². The summed E-state index contributed by atoms with van der Waals surface area (Å²) >= 11 is 0. The molecule has 1 N–H and O–H groups in total. The molecule has 0 aliphatic carbocycles. The van der Waals surface area contributed by atoms with Crippen LogP contribution in [0.4, 0.5) is 0 Å². The topological polar surface area (TPSA) is 57.6 Å². The number of Topliss-reactive ketones (excluding diaryl/α,β-unsaturated/α-hetero) is 1. The van der Waals surface area contributed by atoms with E-state index in [0.717, 1.165) is 25.7 Å². The number of hydrogen-bond donors (Lipinski definition) is 1. The summed E-state index contributed by atoms with van der Waals surface area (Å²) in [4.78, 5) is 25.6. The van der Waals surface area contributed by atoms with Crippen molar-refractivity contribution < 1.29 is 14.7 Å². The van der Waals surface area contributed by atoms with Gasteiger partial charge in [0.1, 0.15) is 0 Å². The molecule has 0 unspecified atom stereocenters. The van der Waals surface area contributed by atoms with Crippen LogP contribution in [0, 0.1) is 5.92 Å². The molecule has 0 radical (unpaired) electrons. The predicted octanol–water partition coefficient (Wildman–Crippen LogP) is 1.75. The van der Waals surface area contributed by atoms with Gasteiger partial charge in [0.25, 0.3) is 0 Å². The first-order chi connectivity index (χ1) is 8.51. The Bertz CT molecular complexity index is 297. The molecule has 1 aliphatic rings. The van der Waals surface area contributed by atoms with Crippen LogP contribution in [0.5, 0.6) is 0 Å². The average Bonchev–Trinajstić information content (AvgIpc) is 2.70. The van der Waals surface area contributed by atoms with E-state index in [4.69, 9.17) is 0 Å². The van der Waals surface area contributed by atoms with E-state index in [1.165, 1.54) is 6.92 Å². The maximum atomic E-state index is 12.4. The fourth-order valence-corrected chi connectivity index (χ4v) is 2.77. The van der Waals surface area contributed by atoms with Gasteiger partial charge in [0.2, 0.25) is 5.91 Å². The maximum absolute atomic E-state index is 12.4. The number of rotatable bonds is 6. The Balaban J connectivity index is 2.76. The Morgan fingerprint density at radius 2 is 1.83 bits per heavy atom. The fourth-order valence-electron chi connectivity index (χ4n) is 2.77. The van der Waals surface area contributed by atoms with Crippen LogP contribution in [0.15, 0.2) is 0 Å². The molecular formula is C14H25NO3. The first kappa shape index (κ1) is 15.2. The first-order valence-corrected chi connectivity index (χ1v) is 7.00. The van der Waals surface area contributed by atoms with E-state index >= 15 is 0 Å². The van der Waals surface area contributed by atoms with E-state index in [1.54, 1.807) is 4.90 Å². The van der Waals surface area contributed by atoms with Gasteiger partial charge in [0.05, 0.1) is 12.1 Å². The molecule has 1 fully saturated rings. The van der Waals surface area contributed by atoms with Crippen molar-refractivity contribution >= 4 is 11.7 Å². The molecule has 2 atom stereocenters. The highest BCUT2D eigenvalue weighted by Gasteiger charge is 2.38. The van der Waals surface area contributed by atoms with Crippen molar-refractivity contribution in [1.29, 1.82) is 0 Å². The predicted molar refractivity (Wildman–Crippen MR) is 70.1 cm³/mol. The van der Waals surface area contributed by atoms with Crippen molar-refractivity contribution in [2.24, 2.45) is 5.92 Å². The van der Waals surface area contributed by atoms with Gasteiger partial charge in [-0.25, -0.2) is 0 Å². The van der Waals surface area contributed by atoms with Gasteiger partial charge < -0.3 is 10.0 Å². The number of aliphatic hydroxyl groups is 1. The standard InChI is InChI=1S/C14H25NO3/c1-4-6-11(7-5-2)14(18)15-9-12(17)8-13(15)10(3)16/h11-13,17H,4-9H2,1-3H3/t12-,13+/m1/s1. The maximum Gasteiger partial charge on any atom is 0.226 e. The number of amides is 1. The number of carbonyl (C=O) groups excluding carboxylic acids is 2. The molecule has 0 spiro atoms. The Morgan fingerprint density at radius 1 is 1.28 bits per heavy atom. The van der Waals surface area contributed by atoms with Crippen LogP contribution < -0.4 is 0 Å². The van der Waals surface area contributed by atoms with Crippen molar-refractivity contribution in [3.8, 4) is 0 Å². The van der Waals surface area contributed by atoms with Crippen LogP contribution >= 0.6 is 0 Å². The molecular weight excluding hydrogens is 230 g/mol. The summed E-state index contributed by atoms with van der Waals surface area (Å²) in [6.45, 7) is 5.94. The van der Waals surface area contributed by atoms with Crippen molar-refractivity contribution in [3.63, 3.8) is 0 Å². The van der Waals surface area contributed by atoms with Crippen LogP contribution in [-0.4, -0.2) is 40.4 Å². The highest BCUT2D eigenvalue weighted by atomic mass is 16.3. The molecule has 1 rings (SSSR count). The second kappa shape index (κ2) is 6.88. The van der Waals surface area contributed by atoms with E-state index in [0.29, 0.717) is 13.0 Å². The third-order valence-corrected chi connectivity index (χ3v) is 3.65. The quantitative estimate of drug-likeness (QED) is 0.786. The lowest BCUT2D eigenvalue weighted by Gasteiger charge is -2.27. The normalized spacial score (nSPS) is 23.7. The van der Waals surface area contributed by atoms with Gasteiger partial charge in [-0.1, -0.05) is 26.7 Å². The van der Waals surface area contributed by atoms with Gasteiger partial charge in [-0.2, -0.15) is 0 Å². The fraction of sp³-hybridized carbons (Fsp3) is 0.857. The minimum absolute atomic E-state index is 0.00662. The molecule has 1 saturated heterocycles. The van der Waals surface area contributed by atoms with Crippen LogP contribution in [0.3, 0.4) is 0 Å². The van der Waals surface area contributed by atoms with E-state index in [9.17, 15) is 14.7 Å². The Labute approximate surface area is 109 Å². The Morgan fingerprint density at radius 3 is 2.28 bits per heavy atom. The number of likely N-dealkylation sites (tertiary alicyclic amines) is 1. The molecule has 0 aromatic heterocycles. The summed E-state index contributed by atoms with van der Waals surface area (Å²) in [7, 11) is 0. The Kier molecular flexibility index (Phi) is 5.79. The van der Waals surface area contributed by atoms with Gasteiger partial charge in [-0.15, -0.1) is 0 Å². The summed E-state index contributed by atoms with van der Waals surface area (Å²) in [5.74, 6) is 0.0363. The second-order valence-corrected chi connectivity index (χ2v) is 5.28. The lowest BCUT2D eigenvalue weighted by molar-refractivity contribution is -0.141. The summed E-state index contributed by atoms with van der Waals surface area (Å²) in [5, 5.41) is 9.66. The van der Waals surface area contributed by atoms with Crippen LogP contribution in [0.1, 0.15) is 52.9 Å². The molecule has 104 valence electrons. The molecule has 0 aromatic rings. The van der Waals surface area contributed by atoms with Crippen LogP contribution in [0.25, 0.3) is 0 Å². The third kappa shape index (κ3) is 3.55. The van der Waals surface area contributed by atoms with Crippen molar-refractivity contribution in [2.75, 3.05) is 6.54 Å². The highest BCUT2D eigenvalue weighted by molar-refractivity contribution is 5.89. The molecule has 1 heterocycles. The lowest BCUT2D eigenvalue weighted by Crippen LogP contribution is -2.43. The zero-order valence-corrected chi connectivity index (χ0v) is 11.7. The zero-order chi connectivity index (χ0) is 13.7. The summed E-state index contributed by atoms with van der Waals surface area (Å²) in [5.41, 5.74) is 0. The van der Waals surface area contributed by atoms with Gasteiger partial charge in [-0.05, 0) is 19.8 Å². The second-order valence-electron chi connectivity index (χ2n) is 5.28. The third-order valence-electron chi connectivity index (χ3n) is 3.65. The number of ketones is 1. The molecule has 1 amide bonds. The lowest BCUT2D eigenvalue weighted by atomic mass is 9.96. The van der Waals surface area contributed by atoms with Gasteiger partial charge in [-0.3, -0.25) is 9.59 Å². The van der Waals surface area contributed by atoms with E-state index < -0.39 is 12.1 Å². The Hall–Kier alpha value is -0.900. The van der Waals surface area contributed by atoms with Crippen LogP contribution in [-0.2, 0) is 9.59 Å². The summed E-state index contributed by atoms with van der Waals surface area (Å²) in [6.07, 6.45) is 3.52. The van der Waals surface area contributed by atoms with E-state index in [2.05, 4.69) is 13.8 Å². The molecule has 0 saturated carbocycles. The first-order valence-electron chi connectivity index (χ1n) is 7.00. The number of carbonyl (C=O) groups is 2. The van der Waals surface area contributed by atoms with Crippen LogP contribution in [0.2, 0.25) is 0 Å². The summed E-state index contributed by atoms with van der Waals surface area (Å²) < 4.78 is 0. The molecule has 0 bridgehead atoms. The summed E-state index contributed by atoms with van der Waals surface area (Å²) in [6, 6.07) is -0.413. The molecule has 0 aromatic carbocycles. The van der Waals surface area contributed by atoms with Crippen molar-refractivity contribution in [1.82, 2.24) is 4.90 Å². The molecule has 4 heteroatoms. The number of hydrogen-bond acceptors (Lipinski definition) is 3. The minimum Gasteiger partial charge on any atom is -0.391 e. The van der Waals surface area contributed by atoms with Crippen molar-refractivity contribution in [3.05, 3.63) is 0 Å². The zero-order valence-electron chi connectivity index (χ0n) is 11.7. The number of nitrogens with zero attached hydrogens (tertiary/aromatic N) is 1. The van der Waals surface area contributed by atoms with E-state index in [-0.39, 0.29) is 17.6 Å². The molecule has 1 aliphatic heterocycles. The molecule has 4 nitrogen and oxygen atoms in total. The molecule has 18 heavy (non-hydrogen) atoms. The monoisotopic (exact) mass is 255 g/mol. The van der Waals surface area contributed by atoms with Crippen molar-refractivity contribution in [2.45, 2.75) is 65.0 Å².